The Morgan fingerprint density at radius 3 is 2.03 bits per heavy atom. The quantitative estimate of drug-likeness (QED) is 0.232. The molecule has 2 aromatic carbocycles. The summed E-state index contributed by atoms with van der Waals surface area (Å²) in [4.78, 5) is 58.7. The van der Waals surface area contributed by atoms with Crippen LogP contribution in [0.15, 0.2) is 76.4 Å². The lowest BCUT2D eigenvalue weighted by Gasteiger charge is -2.36. The lowest BCUT2D eigenvalue weighted by atomic mass is 9.74. The van der Waals surface area contributed by atoms with E-state index < -0.39 is 18.2 Å². The number of nitrogens with zero attached hydrogens (tertiary/aromatic N) is 3. The Morgan fingerprint density at radius 1 is 0.741 bits per heavy atom. The number of carbonyl (C=O) groups excluding carboxylic acids is 4. The number of rotatable bonds is 10. The number of benzene rings is 2. The summed E-state index contributed by atoms with van der Waals surface area (Å²) >= 11 is 0. The third kappa shape index (κ3) is 8.36. The van der Waals surface area contributed by atoms with Gasteiger partial charge >= 0.3 is 12.2 Å². The van der Waals surface area contributed by atoms with Gasteiger partial charge in [-0.05, 0) is 121 Å². The molecule has 3 fully saturated rings. The van der Waals surface area contributed by atoms with Gasteiger partial charge in [0.25, 0.3) is 0 Å². The van der Waals surface area contributed by atoms with Gasteiger partial charge in [0.2, 0.25) is 11.8 Å². The fraction of sp³-hybridized carbons (Fsp3) is 0.511. The van der Waals surface area contributed by atoms with Crippen LogP contribution in [0.5, 0.6) is 0 Å². The number of nitrogens with one attached hydrogen (secondary N) is 2. The highest BCUT2D eigenvalue weighted by molar-refractivity contribution is 6.02. The summed E-state index contributed by atoms with van der Waals surface area (Å²) in [6, 6.07) is 16.8. The fourth-order valence-corrected chi connectivity index (χ4v) is 9.88. The van der Waals surface area contributed by atoms with Gasteiger partial charge in [-0.2, -0.15) is 0 Å². The predicted molar refractivity (Wildman–Crippen MR) is 226 cm³/mol. The molecule has 2 N–H and O–H groups in total. The summed E-state index contributed by atoms with van der Waals surface area (Å²) in [5.74, 6) is -0.371. The Balaban J connectivity index is 0.998. The maximum Gasteiger partial charge on any atom is 0.425 e. The van der Waals surface area contributed by atoms with Crippen molar-refractivity contribution in [1.29, 1.82) is 0 Å². The number of allylic oxidation sites excluding steroid dienone is 4. The number of hydrogen-bond donors (Lipinski definition) is 2. The minimum absolute atomic E-state index is 0.0223. The van der Waals surface area contributed by atoms with E-state index in [4.69, 9.17) is 14.5 Å². The monoisotopic (exact) mass is 789 g/mol. The second kappa shape index (κ2) is 17.7. The molecule has 5 aliphatic rings. The lowest BCUT2D eigenvalue weighted by molar-refractivity contribution is -0.142. The largest absolute Gasteiger partial charge is 0.453 e. The second-order valence-corrected chi connectivity index (χ2v) is 17.0. The zero-order valence-corrected chi connectivity index (χ0v) is 34.9. The number of amides is 4. The Bertz CT molecular complexity index is 2030. The predicted octanol–water partition coefficient (Wildman–Crippen LogP) is 8.86. The third-order valence-corrected chi connectivity index (χ3v) is 12.9. The molecule has 2 aliphatic heterocycles. The van der Waals surface area contributed by atoms with Gasteiger partial charge in [-0.15, -0.1) is 0 Å². The highest BCUT2D eigenvalue weighted by Gasteiger charge is 2.42. The summed E-state index contributed by atoms with van der Waals surface area (Å²) in [7, 11) is 2.63. The van der Waals surface area contributed by atoms with E-state index in [1.807, 2.05) is 38.8 Å². The van der Waals surface area contributed by atoms with Gasteiger partial charge in [-0.25, -0.2) is 20.0 Å². The summed E-state index contributed by atoms with van der Waals surface area (Å²) in [6.45, 7) is 8.39. The zero-order valence-electron chi connectivity index (χ0n) is 34.9. The Kier molecular flexibility index (Phi) is 12.5. The molecule has 4 atom stereocenters. The van der Waals surface area contributed by atoms with Crippen molar-refractivity contribution in [2.24, 2.45) is 22.7 Å². The molecule has 1 unspecified atom stereocenters. The highest BCUT2D eigenvalue weighted by atomic mass is 16.5. The van der Waals surface area contributed by atoms with Crippen LogP contribution >= 0.6 is 0 Å². The molecule has 0 radical (unpaired) electrons. The van der Waals surface area contributed by atoms with Crippen LogP contribution < -0.4 is 10.7 Å². The molecule has 1 saturated heterocycles. The van der Waals surface area contributed by atoms with Gasteiger partial charge in [0.1, 0.15) is 6.04 Å². The molecule has 7 rings (SSSR count). The van der Waals surface area contributed by atoms with E-state index in [1.54, 1.807) is 0 Å². The summed E-state index contributed by atoms with van der Waals surface area (Å²) in [5.41, 5.74) is 15.2. The number of methoxy groups -OCH3 is 2. The smallest absolute Gasteiger partial charge is 0.425 e. The van der Waals surface area contributed by atoms with E-state index in [2.05, 4.69) is 59.3 Å². The summed E-state index contributed by atoms with van der Waals surface area (Å²) < 4.78 is 9.62. The topological polar surface area (TPSA) is 130 Å². The van der Waals surface area contributed by atoms with Crippen LogP contribution in [0, 0.1) is 17.8 Å². The van der Waals surface area contributed by atoms with E-state index in [9.17, 15) is 19.2 Å². The average Bonchev–Trinajstić information content (AvgIpc) is 4.07. The number of carbonyl (C=O) groups is 4. The van der Waals surface area contributed by atoms with Crippen molar-refractivity contribution < 1.29 is 28.7 Å². The molecule has 2 saturated carbocycles. The molecular formula is C47H59N5O6. The first-order valence-corrected chi connectivity index (χ1v) is 21.2. The summed E-state index contributed by atoms with van der Waals surface area (Å²) in [6.07, 6.45) is 11.2. The van der Waals surface area contributed by atoms with Crippen molar-refractivity contribution in [3.8, 4) is 11.1 Å². The van der Waals surface area contributed by atoms with Gasteiger partial charge < -0.3 is 19.7 Å². The Morgan fingerprint density at radius 2 is 1.38 bits per heavy atom. The molecule has 308 valence electrons. The molecular weight excluding hydrogens is 731 g/mol. The van der Waals surface area contributed by atoms with Gasteiger partial charge in [-0.1, -0.05) is 75.2 Å². The Hall–Kier alpha value is -5.19. The van der Waals surface area contributed by atoms with Crippen LogP contribution in [0.3, 0.4) is 0 Å². The van der Waals surface area contributed by atoms with E-state index in [0.29, 0.717) is 13.0 Å². The van der Waals surface area contributed by atoms with Crippen molar-refractivity contribution in [2.45, 2.75) is 116 Å². The molecule has 4 amide bonds. The van der Waals surface area contributed by atoms with Crippen molar-refractivity contribution in [1.82, 2.24) is 20.7 Å². The average molecular weight is 790 g/mol. The van der Waals surface area contributed by atoms with E-state index in [-0.39, 0.29) is 41.7 Å². The van der Waals surface area contributed by atoms with E-state index in [0.717, 1.165) is 92.2 Å². The maximum absolute atomic E-state index is 13.9. The number of likely N-dealkylation sites (tertiary alicyclic amines) is 1. The van der Waals surface area contributed by atoms with Crippen LogP contribution in [-0.4, -0.2) is 78.5 Å². The van der Waals surface area contributed by atoms with Gasteiger partial charge in [0.15, 0.2) is 0 Å². The molecule has 2 heterocycles. The first kappa shape index (κ1) is 41.0. The van der Waals surface area contributed by atoms with Crippen molar-refractivity contribution in [3.63, 3.8) is 0 Å². The van der Waals surface area contributed by atoms with Crippen LogP contribution in [0.4, 0.5) is 9.59 Å². The number of hydrogen-bond acceptors (Lipinski definition) is 7. The van der Waals surface area contributed by atoms with Crippen LogP contribution in [0.25, 0.3) is 22.3 Å². The van der Waals surface area contributed by atoms with Crippen molar-refractivity contribution >= 4 is 40.9 Å². The standard InChI is InChI=1S/C47H59N5O6/c1-28(2)43(49-46(55)57-5)45(54)51-24-10-15-42(51)40-26-39(35-13-9-14-36(35)40)33-22-20-31(21-23-33)30-16-18-32(19-17-30)34-25-41(48-27-34)37-11-7-8-12-38(37)44(53)52(29(3)4)50-47(56)58-6/h16-23,27-29,37-38,42-43H,7-15,24-26H2,1-6H3,(H,49,55)(H,50,56)/t37?,38-,42-,43-/m0/s1. The van der Waals surface area contributed by atoms with Crippen LogP contribution in [0.1, 0.15) is 109 Å². The summed E-state index contributed by atoms with van der Waals surface area (Å²) in [5, 5.41) is 4.21. The number of ether oxygens (including phenoxy) is 2. The molecule has 0 aromatic heterocycles. The van der Waals surface area contributed by atoms with Gasteiger partial charge in [0, 0.05) is 42.8 Å². The zero-order chi connectivity index (χ0) is 41.1. The van der Waals surface area contributed by atoms with Crippen LogP contribution in [-0.2, 0) is 19.1 Å². The first-order valence-electron chi connectivity index (χ1n) is 21.2. The van der Waals surface area contributed by atoms with E-state index >= 15 is 0 Å². The molecule has 2 aromatic rings. The van der Waals surface area contributed by atoms with Crippen LogP contribution in [0.2, 0.25) is 0 Å². The lowest BCUT2D eigenvalue weighted by Crippen LogP contribution is -2.54. The van der Waals surface area contributed by atoms with E-state index in [1.165, 1.54) is 47.1 Å². The number of aliphatic imine (C=N–C) groups is 1. The molecule has 58 heavy (non-hydrogen) atoms. The number of alkyl carbamates (subject to hydrolysis) is 1. The number of fused-ring (bicyclic) bond motifs is 1. The third-order valence-electron chi connectivity index (χ3n) is 12.9. The Labute approximate surface area is 343 Å². The molecule has 0 bridgehead atoms. The molecule has 0 spiro atoms. The molecule has 11 heteroatoms. The second-order valence-electron chi connectivity index (χ2n) is 17.0. The minimum atomic E-state index is -0.646. The van der Waals surface area contributed by atoms with Crippen molar-refractivity contribution in [3.05, 3.63) is 82.6 Å². The number of hydrazine groups is 1. The maximum atomic E-state index is 13.9. The minimum Gasteiger partial charge on any atom is -0.453 e. The fourth-order valence-electron chi connectivity index (χ4n) is 9.88. The van der Waals surface area contributed by atoms with Gasteiger partial charge in [0.05, 0.1) is 20.3 Å². The van der Waals surface area contributed by atoms with Crippen molar-refractivity contribution in [2.75, 3.05) is 20.8 Å². The SMILES string of the molecule is COC(=O)N[C@H](C(=O)N1CCC[C@H]1C1=C2CCCC2=C(c2ccc(-c3ccc(C4=CN=C(C5CCCC[C@@H]5C(=O)N(NC(=O)OC)C(C)C)C4)cc3)cc2)C1)C(C)C. The normalized spacial score (nSPS) is 22.2. The highest BCUT2D eigenvalue weighted by Crippen LogP contribution is 2.50. The molecule has 3 aliphatic carbocycles. The first-order chi connectivity index (χ1) is 28.0. The molecule has 11 nitrogen and oxygen atoms in total. The van der Waals surface area contributed by atoms with Gasteiger partial charge in [-0.3, -0.25) is 14.6 Å².